The highest BCUT2D eigenvalue weighted by molar-refractivity contribution is 7.85. The Labute approximate surface area is 52.3 Å². The third-order valence-electron chi connectivity index (χ3n) is 0.534. The van der Waals surface area contributed by atoms with Crippen molar-refractivity contribution in [1.82, 2.24) is 0 Å². The van der Waals surface area contributed by atoms with Gasteiger partial charge in [-0.1, -0.05) is 13.3 Å². The van der Waals surface area contributed by atoms with Crippen LogP contribution in [0.4, 0.5) is 0 Å². The SMILES string of the molecule is [2H]C([2H])(CCC)S(=O)(=O)O. The van der Waals surface area contributed by atoms with Crippen molar-refractivity contribution in [3.63, 3.8) is 0 Å². The Hall–Kier alpha value is -0.0900. The van der Waals surface area contributed by atoms with Crippen molar-refractivity contribution >= 4 is 10.1 Å². The van der Waals surface area contributed by atoms with Gasteiger partial charge in [-0.15, -0.1) is 0 Å². The summed E-state index contributed by atoms with van der Waals surface area (Å²) in [4.78, 5) is 0. The molecular formula is C4H10O3S. The van der Waals surface area contributed by atoms with E-state index in [0.29, 0.717) is 6.42 Å². The van der Waals surface area contributed by atoms with Crippen LogP contribution in [-0.4, -0.2) is 18.7 Å². The van der Waals surface area contributed by atoms with E-state index < -0.39 is 15.8 Å². The second-order valence-corrected chi connectivity index (χ2v) is 2.61. The second kappa shape index (κ2) is 3.04. The van der Waals surface area contributed by atoms with Crippen LogP contribution in [0.5, 0.6) is 0 Å². The van der Waals surface area contributed by atoms with E-state index in [4.69, 9.17) is 7.29 Å². The van der Waals surface area contributed by atoms with Crippen molar-refractivity contribution in [2.24, 2.45) is 0 Å². The minimum Gasteiger partial charge on any atom is -0.286 e. The third kappa shape index (κ3) is 5.91. The van der Waals surface area contributed by atoms with Crippen LogP contribution in [0.2, 0.25) is 0 Å². The van der Waals surface area contributed by atoms with Gasteiger partial charge in [-0.05, 0) is 6.42 Å². The van der Waals surface area contributed by atoms with Crippen molar-refractivity contribution in [2.75, 3.05) is 5.70 Å². The second-order valence-electron chi connectivity index (χ2n) is 1.37. The molecule has 0 spiro atoms. The highest BCUT2D eigenvalue weighted by Gasteiger charge is 2.00. The fraction of sp³-hybridized carbons (Fsp3) is 1.00. The van der Waals surface area contributed by atoms with E-state index in [1.54, 1.807) is 6.92 Å². The molecule has 0 atom stereocenters. The van der Waals surface area contributed by atoms with Gasteiger partial charge in [0.05, 0.1) is 5.70 Å². The molecule has 0 radical (unpaired) electrons. The Balaban J connectivity index is 4.42. The zero-order valence-electron chi connectivity index (χ0n) is 6.59. The molecule has 0 saturated heterocycles. The van der Waals surface area contributed by atoms with Gasteiger partial charge in [-0.2, -0.15) is 8.42 Å². The molecule has 0 bridgehead atoms. The lowest BCUT2D eigenvalue weighted by molar-refractivity contribution is 0.480. The van der Waals surface area contributed by atoms with Gasteiger partial charge in [0.1, 0.15) is 0 Å². The van der Waals surface area contributed by atoms with Crippen LogP contribution < -0.4 is 0 Å². The van der Waals surface area contributed by atoms with Crippen LogP contribution in [0.1, 0.15) is 22.5 Å². The lowest BCUT2D eigenvalue weighted by atomic mass is 10.4. The molecule has 0 aromatic heterocycles. The number of rotatable bonds is 3. The summed E-state index contributed by atoms with van der Waals surface area (Å²) in [6.45, 7) is 1.64. The Kier molecular flexibility index (Phi) is 1.81. The highest BCUT2D eigenvalue weighted by atomic mass is 32.2. The normalized spacial score (nSPS) is 17.2. The van der Waals surface area contributed by atoms with Crippen LogP contribution in [0.3, 0.4) is 0 Å². The van der Waals surface area contributed by atoms with Crippen LogP contribution in [0, 0.1) is 0 Å². The minimum absolute atomic E-state index is 0.175. The van der Waals surface area contributed by atoms with Gasteiger partial charge in [0.25, 0.3) is 10.1 Å². The summed E-state index contributed by atoms with van der Waals surface area (Å²) in [7, 11) is -4.53. The Bertz CT molecular complexity index is 197. The molecule has 0 saturated carbocycles. The quantitative estimate of drug-likeness (QED) is 0.586. The van der Waals surface area contributed by atoms with Crippen molar-refractivity contribution in [3.05, 3.63) is 0 Å². The molecule has 3 nitrogen and oxygen atoms in total. The zero-order valence-corrected chi connectivity index (χ0v) is 5.40. The third-order valence-corrected chi connectivity index (χ3v) is 1.10. The van der Waals surface area contributed by atoms with Crippen molar-refractivity contribution in [1.29, 1.82) is 0 Å². The van der Waals surface area contributed by atoms with E-state index in [1.165, 1.54) is 0 Å². The molecular weight excluding hydrogens is 128 g/mol. The monoisotopic (exact) mass is 140 g/mol. The fourth-order valence-corrected chi connectivity index (χ4v) is 0.693. The van der Waals surface area contributed by atoms with Gasteiger partial charge in [0, 0.05) is 2.74 Å². The maximum absolute atomic E-state index is 10.2. The lowest BCUT2D eigenvalue weighted by Gasteiger charge is -1.90. The summed E-state index contributed by atoms with van der Waals surface area (Å²) >= 11 is 0. The van der Waals surface area contributed by atoms with Gasteiger partial charge >= 0.3 is 0 Å². The van der Waals surface area contributed by atoms with E-state index in [9.17, 15) is 8.42 Å². The fourth-order valence-electron chi connectivity index (χ4n) is 0.231. The predicted molar refractivity (Wildman–Crippen MR) is 31.3 cm³/mol. The predicted octanol–water partition coefficient (Wildman–Crippen LogP) is 0.674. The summed E-state index contributed by atoms with van der Waals surface area (Å²) in [6.07, 6.45) is 0.207. The van der Waals surface area contributed by atoms with Crippen LogP contribution >= 0.6 is 0 Å². The molecule has 1 N–H and O–H groups in total. The summed E-state index contributed by atoms with van der Waals surface area (Å²) in [5.41, 5.74) is -2.48. The average molecular weight is 140 g/mol. The van der Waals surface area contributed by atoms with E-state index in [0.717, 1.165) is 0 Å². The summed E-state index contributed by atoms with van der Waals surface area (Å²) in [5.74, 6) is 0. The maximum atomic E-state index is 10.2. The molecule has 0 fully saturated rings. The molecule has 0 aliphatic heterocycles. The summed E-state index contributed by atoms with van der Waals surface area (Å²) in [5, 5.41) is 0. The number of hydrogen-bond donors (Lipinski definition) is 1. The summed E-state index contributed by atoms with van der Waals surface area (Å²) in [6, 6.07) is 0. The van der Waals surface area contributed by atoms with Crippen molar-refractivity contribution in [2.45, 2.75) is 19.8 Å². The molecule has 0 rings (SSSR count). The first-order valence-electron chi connectivity index (χ1n) is 3.28. The van der Waals surface area contributed by atoms with Gasteiger partial charge < -0.3 is 0 Å². The average Bonchev–Trinajstić information content (AvgIpc) is 1.61. The van der Waals surface area contributed by atoms with Gasteiger partial charge in [-0.25, -0.2) is 0 Å². The molecule has 50 valence electrons. The van der Waals surface area contributed by atoms with Gasteiger partial charge in [0.2, 0.25) is 0 Å². The molecule has 0 heterocycles. The first-order chi connectivity index (χ1) is 4.31. The molecule has 0 aromatic rings. The van der Waals surface area contributed by atoms with E-state index >= 15 is 0 Å². The standard InChI is InChI=1S/C4H10O3S/c1-2-3-4-8(5,6)7/h2-4H2,1H3,(H,5,6,7)/i4D2. The van der Waals surface area contributed by atoms with Crippen LogP contribution in [-0.2, 0) is 10.1 Å². The molecule has 0 unspecified atom stereocenters. The highest BCUT2D eigenvalue weighted by Crippen LogP contribution is 1.90. The lowest BCUT2D eigenvalue weighted by Crippen LogP contribution is -2.02. The maximum Gasteiger partial charge on any atom is 0.264 e. The first-order valence-corrected chi connectivity index (χ1v) is 3.72. The number of hydrogen-bond acceptors (Lipinski definition) is 2. The Morgan fingerprint density at radius 3 is 2.38 bits per heavy atom. The molecule has 0 aliphatic rings. The molecule has 4 heteroatoms. The Morgan fingerprint density at radius 2 is 2.25 bits per heavy atom. The van der Waals surface area contributed by atoms with Crippen LogP contribution in [0.25, 0.3) is 0 Å². The first kappa shape index (κ1) is 4.76. The smallest absolute Gasteiger partial charge is 0.264 e. The molecule has 0 aromatic carbocycles. The molecule has 0 aliphatic carbocycles. The summed E-state index contributed by atoms with van der Waals surface area (Å²) < 4.78 is 42.3. The Morgan fingerprint density at radius 1 is 1.75 bits per heavy atom. The van der Waals surface area contributed by atoms with E-state index in [1.807, 2.05) is 0 Å². The topological polar surface area (TPSA) is 54.4 Å². The van der Waals surface area contributed by atoms with Crippen molar-refractivity contribution < 1.29 is 15.7 Å². The van der Waals surface area contributed by atoms with Gasteiger partial charge in [-0.3, -0.25) is 4.55 Å². The minimum atomic E-state index is -4.53. The van der Waals surface area contributed by atoms with Crippen LogP contribution in [0.15, 0.2) is 0 Å². The van der Waals surface area contributed by atoms with Crippen molar-refractivity contribution in [3.8, 4) is 0 Å². The van der Waals surface area contributed by atoms with Gasteiger partial charge in [0.15, 0.2) is 0 Å². The molecule has 0 amide bonds. The molecule has 8 heavy (non-hydrogen) atoms. The van der Waals surface area contributed by atoms with E-state index in [-0.39, 0.29) is 6.42 Å². The zero-order chi connectivity index (χ0) is 8.41. The largest absolute Gasteiger partial charge is 0.286 e. The van der Waals surface area contributed by atoms with E-state index in [2.05, 4.69) is 0 Å².